The molecule has 1 saturated heterocycles. The number of aliphatic hydroxyl groups is 2. The van der Waals surface area contributed by atoms with Gasteiger partial charge in [0, 0.05) is 23.3 Å². The number of benzene rings is 1. The van der Waals surface area contributed by atoms with Crippen molar-refractivity contribution in [2.45, 2.75) is 37.7 Å². The average molecular weight is 490 g/mol. The fourth-order valence-corrected chi connectivity index (χ4v) is 3.92. The second-order valence-corrected chi connectivity index (χ2v) is 7.99. The molecule has 3 heterocycles. The van der Waals surface area contributed by atoms with Crippen LogP contribution in [0.15, 0.2) is 42.9 Å². The summed E-state index contributed by atoms with van der Waals surface area (Å²) < 4.78 is 49.2. The second-order valence-electron chi connectivity index (χ2n) is 7.99. The van der Waals surface area contributed by atoms with Crippen molar-refractivity contribution < 1.29 is 32.9 Å². The highest BCUT2D eigenvalue weighted by atomic mass is 19.2. The number of carbonyl (C=O) groups is 1. The van der Waals surface area contributed by atoms with Crippen LogP contribution in [0, 0.1) is 17.5 Å². The summed E-state index contributed by atoms with van der Waals surface area (Å²) in [6, 6.07) is 0.802. The van der Waals surface area contributed by atoms with Gasteiger partial charge in [-0.15, -0.1) is 5.10 Å². The first-order valence-corrected chi connectivity index (χ1v) is 10.5. The molecule has 1 aromatic carbocycles. The number of rotatable bonds is 7. The van der Waals surface area contributed by atoms with E-state index in [4.69, 9.17) is 4.74 Å². The van der Waals surface area contributed by atoms with E-state index in [1.807, 2.05) is 0 Å². The van der Waals surface area contributed by atoms with Gasteiger partial charge >= 0.3 is 0 Å². The summed E-state index contributed by atoms with van der Waals surface area (Å²) in [6.45, 7) is 4.78. The molecule has 0 radical (unpaired) electrons. The summed E-state index contributed by atoms with van der Waals surface area (Å²) in [5, 5.41) is 32.6. The molecule has 0 bridgehead atoms. The molecule has 0 aliphatic carbocycles. The lowest BCUT2D eigenvalue weighted by Gasteiger charge is -2.38. The lowest BCUT2D eigenvalue weighted by Crippen LogP contribution is -2.45. The highest BCUT2D eigenvalue weighted by Gasteiger charge is 2.41. The first-order chi connectivity index (χ1) is 16.7. The summed E-state index contributed by atoms with van der Waals surface area (Å²) >= 11 is 0. The molecule has 0 spiro atoms. The molecule has 0 amide bonds. The Hall–Kier alpha value is -3.68. The van der Waals surface area contributed by atoms with Crippen molar-refractivity contribution >= 4 is 12.0 Å². The normalized spacial score (nSPS) is 22.9. The zero-order chi connectivity index (χ0) is 25.3. The summed E-state index contributed by atoms with van der Waals surface area (Å²) in [4.78, 5) is 15.2. The molecule has 10 nitrogen and oxygen atoms in total. The quantitative estimate of drug-likeness (QED) is 0.223. The number of carbonyl (C=O) groups excluding carboxylic acids is 1. The molecule has 1 aliphatic rings. The molecule has 35 heavy (non-hydrogen) atoms. The number of aromatic nitrogens is 6. The van der Waals surface area contributed by atoms with Crippen LogP contribution in [0.2, 0.25) is 0 Å². The summed E-state index contributed by atoms with van der Waals surface area (Å²) in [7, 11) is 0. The van der Waals surface area contributed by atoms with E-state index in [9.17, 15) is 28.2 Å². The Morgan fingerprint density at radius 1 is 1.31 bits per heavy atom. The Morgan fingerprint density at radius 2 is 2.03 bits per heavy atom. The van der Waals surface area contributed by atoms with Gasteiger partial charge in [0.15, 0.2) is 23.3 Å². The second kappa shape index (κ2) is 9.90. The highest BCUT2D eigenvalue weighted by molar-refractivity contribution is 5.79. The number of allylic oxidation sites excluding steroid dienone is 3. The maximum Gasteiger partial charge on any atom is 0.194 e. The topological polar surface area (TPSA) is 128 Å². The molecule has 4 rings (SSSR count). The highest BCUT2D eigenvalue weighted by Crippen LogP contribution is 2.37. The van der Waals surface area contributed by atoms with E-state index < -0.39 is 48.4 Å². The van der Waals surface area contributed by atoms with E-state index in [1.54, 1.807) is 6.92 Å². The lowest BCUT2D eigenvalue weighted by molar-refractivity contribution is -0.161. The van der Waals surface area contributed by atoms with Crippen molar-refractivity contribution in [3.8, 4) is 11.3 Å². The minimum Gasteiger partial charge on any atom is -0.394 e. The molecule has 1 fully saturated rings. The van der Waals surface area contributed by atoms with Crippen molar-refractivity contribution in [3.05, 3.63) is 66.2 Å². The van der Waals surface area contributed by atoms with Gasteiger partial charge in [0.1, 0.15) is 36.6 Å². The Bertz CT molecular complexity index is 1270. The van der Waals surface area contributed by atoms with Gasteiger partial charge in [0.2, 0.25) is 0 Å². The van der Waals surface area contributed by atoms with Crippen LogP contribution in [0.25, 0.3) is 17.0 Å². The summed E-state index contributed by atoms with van der Waals surface area (Å²) in [5.74, 6) is -4.00. The number of halogens is 3. The third kappa shape index (κ3) is 4.78. The van der Waals surface area contributed by atoms with Gasteiger partial charge in [-0.25, -0.2) is 27.5 Å². The first kappa shape index (κ1) is 24.4. The number of hydrogen-bond acceptors (Lipinski definition) is 8. The molecule has 0 saturated carbocycles. The molecule has 3 aromatic rings. The Labute approximate surface area is 197 Å². The fraction of sp³-hybridized carbons (Fsp3) is 0.318. The van der Waals surface area contributed by atoms with Gasteiger partial charge in [-0.1, -0.05) is 11.8 Å². The Morgan fingerprint density at radius 3 is 2.69 bits per heavy atom. The van der Waals surface area contributed by atoms with Gasteiger partial charge in [-0.3, -0.25) is 4.79 Å². The zero-order valence-corrected chi connectivity index (χ0v) is 18.4. The molecule has 2 N–H and O–H groups in total. The fourth-order valence-electron chi connectivity index (χ4n) is 3.92. The van der Waals surface area contributed by atoms with E-state index in [0.717, 1.165) is 12.1 Å². The van der Waals surface area contributed by atoms with Crippen molar-refractivity contribution in [2.24, 2.45) is 0 Å². The molecule has 4 unspecified atom stereocenters. The van der Waals surface area contributed by atoms with Crippen molar-refractivity contribution in [3.63, 3.8) is 0 Å². The van der Waals surface area contributed by atoms with Crippen LogP contribution in [-0.4, -0.2) is 65.1 Å². The van der Waals surface area contributed by atoms with Crippen LogP contribution in [0.1, 0.15) is 31.3 Å². The van der Waals surface area contributed by atoms with Gasteiger partial charge in [-0.2, -0.15) is 5.10 Å². The van der Waals surface area contributed by atoms with E-state index >= 15 is 0 Å². The standard InChI is InChI=1S/C22H21F3N6O4/c1-11(8-32)3-12(2)31-22(26-10-27-31)18-6-17(21(34)19(9-33)35-18)30-7-16(28-29-30)13-4-14(23)20(25)15(24)5-13/h3-5,7-8,10,17-19,21,33-34H,1,6,9H2,2H3/b12-3+. The lowest BCUT2D eigenvalue weighted by atomic mass is 9.95. The van der Waals surface area contributed by atoms with Crippen molar-refractivity contribution in [1.82, 2.24) is 29.8 Å². The average Bonchev–Trinajstić information content (AvgIpc) is 3.52. The van der Waals surface area contributed by atoms with E-state index in [1.165, 1.54) is 28.0 Å². The molecule has 4 atom stereocenters. The SMILES string of the molecule is C=C(C=O)/C=C(\C)n1ncnc1C1CC(n2cc(-c3cc(F)c(F)c(F)c3)nn2)C(O)C(CO)O1. The number of aldehydes is 1. The predicted molar refractivity (Wildman–Crippen MR) is 115 cm³/mol. The van der Waals surface area contributed by atoms with E-state index in [0.29, 0.717) is 17.8 Å². The van der Waals surface area contributed by atoms with Crippen LogP contribution >= 0.6 is 0 Å². The maximum absolute atomic E-state index is 13.7. The number of nitrogens with zero attached hydrogens (tertiary/aromatic N) is 6. The van der Waals surface area contributed by atoms with E-state index in [-0.39, 0.29) is 23.3 Å². The Kier molecular flexibility index (Phi) is 6.91. The number of hydrogen-bond donors (Lipinski definition) is 2. The molecule has 184 valence electrons. The third-order valence-electron chi connectivity index (χ3n) is 5.62. The maximum atomic E-state index is 13.7. The van der Waals surface area contributed by atoms with Crippen molar-refractivity contribution in [1.29, 1.82) is 0 Å². The zero-order valence-electron chi connectivity index (χ0n) is 18.4. The molecule has 13 heteroatoms. The molecule has 1 aliphatic heterocycles. The van der Waals surface area contributed by atoms with Crippen LogP contribution in [0.3, 0.4) is 0 Å². The van der Waals surface area contributed by atoms with Crippen molar-refractivity contribution in [2.75, 3.05) is 6.61 Å². The minimum atomic E-state index is -1.60. The first-order valence-electron chi connectivity index (χ1n) is 10.5. The van der Waals surface area contributed by atoms with Gasteiger partial charge in [0.25, 0.3) is 0 Å². The third-order valence-corrected chi connectivity index (χ3v) is 5.62. The predicted octanol–water partition coefficient (Wildman–Crippen LogP) is 1.99. The van der Waals surface area contributed by atoms with Gasteiger partial charge < -0.3 is 14.9 Å². The summed E-state index contributed by atoms with van der Waals surface area (Å²) in [6.07, 6.45) is 1.86. The molecular formula is C22H21F3N6O4. The number of aliphatic hydroxyl groups excluding tert-OH is 2. The van der Waals surface area contributed by atoms with Gasteiger partial charge in [-0.05, 0) is 25.1 Å². The van der Waals surface area contributed by atoms with Crippen LogP contribution in [0.4, 0.5) is 13.2 Å². The Balaban J connectivity index is 1.66. The van der Waals surface area contributed by atoms with Crippen LogP contribution < -0.4 is 0 Å². The largest absolute Gasteiger partial charge is 0.394 e. The smallest absolute Gasteiger partial charge is 0.194 e. The van der Waals surface area contributed by atoms with Gasteiger partial charge in [0.05, 0.1) is 18.8 Å². The summed E-state index contributed by atoms with van der Waals surface area (Å²) in [5.41, 5.74) is 0.761. The van der Waals surface area contributed by atoms with E-state index in [2.05, 4.69) is 27.0 Å². The minimum absolute atomic E-state index is 0.0413. The number of ether oxygens (including phenoxy) is 1. The van der Waals surface area contributed by atoms with Crippen LogP contribution in [-0.2, 0) is 9.53 Å². The monoisotopic (exact) mass is 490 g/mol. The molecule has 2 aromatic heterocycles. The van der Waals surface area contributed by atoms with Crippen LogP contribution in [0.5, 0.6) is 0 Å². The molecular weight excluding hydrogens is 469 g/mol.